The molecule has 0 saturated heterocycles. The Labute approximate surface area is 214 Å². The standard InChI is InChI=1S/C28H28N6O3/c1-32-24(16-23(31-32)19-7-3-2-4-8-19)28(36)34-13-11-22-27-26(34)20-9-5-10-21(15-20)37-14-6-12-29-25(35)17-33(27)18-30-22/h2-5,7-10,15-16,18,26H,6,11-14,17H2,1H3,(H,29,35). The summed E-state index contributed by atoms with van der Waals surface area (Å²) in [5.41, 5.74) is 4.88. The van der Waals surface area contributed by atoms with Gasteiger partial charge in [0.2, 0.25) is 5.91 Å². The molecule has 188 valence electrons. The summed E-state index contributed by atoms with van der Waals surface area (Å²) in [5.74, 6) is 0.522. The van der Waals surface area contributed by atoms with Gasteiger partial charge in [-0.25, -0.2) is 4.98 Å². The first-order valence-electron chi connectivity index (χ1n) is 12.5. The summed E-state index contributed by atoms with van der Waals surface area (Å²) < 4.78 is 9.48. The van der Waals surface area contributed by atoms with Crippen LogP contribution in [0.5, 0.6) is 5.75 Å². The number of imidazole rings is 1. The topological polar surface area (TPSA) is 94.3 Å². The predicted molar refractivity (Wildman–Crippen MR) is 137 cm³/mol. The maximum Gasteiger partial charge on any atom is 0.272 e. The molecule has 4 heterocycles. The summed E-state index contributed by atoms with van der Waals surface area (Å²) in [4.78, 5) is 33.3. The molecule has 6 rings (SSSR count). The zero-order valence-electron chi connectivity index (χ0n) is 20.6. The third kappa shape index (κ3) is 4.37. The van der Waals surface area contributed by atoms with Gasteiger partial charge in [-0.2, -0.15) is 5.10 Å². The highest BCUT2D eigenvalue weighted by atomic mass is 16.5. The van der Waals surface area contributed by atoms with Gasteiger partial charge in [0.25, 0.3) is 5.91 Å². The first-order valence-corrected chi connectivity index (χ1v) is 12.5. The molecule has 9 heteroatoms. The van der Waals surface area contributed by atoms with Crippen LogP contribution >= 0.6 is 0 Å². The molecule has 2 aliphatic heterocycles. The van der Waals surface area contributed by atoms with Crippen LogP contribution in [0.25, 0.3) is 11.3 Å². The maximum atomic E-state index is 14.1. The minimum absolute atomic E-state index is 0.0903. The smallest absolute Gasteiger partial charge is 0.272 e. The van der Waals surface area contributed by atoms with Gasteiger partial charge >= 0.3 is 0 Å². The summed E-state index contributed by atoms with van der Waals surface area (Å²) >= 11 is 0. The monoisotopic (exact) mass is 496 g/mol. The molecule has 2 aliphatic rings. The van der Waals surface area contributed by atoms with Crippen LogP contribution in [0.4, 0.5) is 0 Å². The first-order chi connectivity index (χ1) is 18.1. The molecule has 1 unspecified atom stereocenters. The number of rotatable bonds is 2. The van der Waals surface area contributed by atoms with Gasteiger partial charge in [0.15, 0.2) is 0 Å². The van der Waals surface area contributed by atoms with E-state index in [4.69, 9.17) is 4.74 Å². The van der Waals surface area contributed by atoms with Crippen molar-refractivity contribution in [2.24, 2.45) is 7.05 Å². The Bertz CT molecular complexity index is 1460. The number of hydrogen-bond acceptors (Lipinski definition) is 5. The fourth-order valence-corrected chi connectivity index (χ4v) is 5.17. The fraction of sp³-hybridized carbons (Fsp3) is 0.286. The Balaban J connectivity index is 1.44. The number of nitrogens with one attached hydrogen (secondary N) is 1. The Morgan fingerprint density at radius 1 is 1.11 bits per heavy atom. The number of aromatic nitrogens is 4. The van der Waals surface area contributed by atoms with E-state index in [0.29, 0.717) is 38.2 Å². The quantitative estimate of drug-likeness (QED) is 0.461. The molecule has 9 nitrogen and oxygen atoms in total. The first kappa shape index (κ1) is 23.0. The molecule has 2 bridgehead atoms. The predicted octanol–water partition coefficient (Wildman–Crippen LogP) is 2.97. The van der Waals surface area contributed by atoms with Crippen molar-refractivity contribution in [3.8, 4) is 17.0 Å². The molecule has 1 N–H and O–H groups in total. The van der Waals surface area contributed by atoms with Gasteiger partial charge in [0, 0.05) is 32.1 Å². The highest BCUT2D eigenvalue weighted by Gasteiger charge is 2.37. The lowest BCUT2D eigenvalue weighted by Gasteiger charge is -2.36. The van der Waals surface area contributed by atoms with Crippen LogP contribution in [-0.2, 0) is 24.8 Å². The van der Waals surface area contributed by atoms with Crippen LogP contribution < -0.4 is 10.1 Å². The fourth-order valence-electron chi connectivity index (χ4n) is 5.17. The van der Waals surface area contributed by atoms with Crippen molar-refractivity contribution in [3.63, 3.8) is 0 Å². The molecule has 4 aromatic rings. The molecule has 1 atom stereocenters. The van der Waals surface area contributed by atoms with E-state index in [9.17, 15) is 9.59 Å². The molecule has 0 radical (unpaired) electrons. The molecule has 0 fully saturated rings. The number of aryl methyl sites for hydroxylation is 1. The number of nitrogens with zero attached hydrogens (tertiary/aromatic N) is 5. The number of amides is 2. The van der Waals surface area contributed by atoms with Crippen LogP contribution in [0, 0.1) is 0 Å². The number of fused-ring (bicyclic) bond motifs is 3. The van der Waals surface area contributed by atoms with Gasteiger partial charge in [0.1, 0.15) is 18.0 Å². The lowest BCUT2D eigenvalue weighted by Crippen LogP contribution is -2.42. The molecule has 37 heavy (non-hydrogen) atoms. The van der Waals surface area contributed by atoms with Crippen molar-refractivity contribution >= 4 is 11.8 Å². The number of carbonyl (C=O) groups is 2. The average Bonchev–Trinajstić information content (AvgIpc) is 3.51. The van der Waals surface area contributed by atoms with Gasteiger partial charge in [-0.15, -0.1) is 0 Å². The Morgan fingerprint density at radius 3 is 2.84 bits per heavy atom. The van der Waals surface area contributed by atoms with Crippen LogP contribution in [0.1, 0.15) is 39.9 Å². The van der Waals surface area contributed by atoms with E-state index < -0.39 is 6.04 Å². The van der Waals surface area contributed by atoms with E-state index >= 15 is 0 Å². The summed E-state index contributed by atoms with van der Waals surface area (Å²) in [6.45, 7) is 1.67. The van der Waals surface area contributed by atoms with Crippen LogP contribution in [0.2, 0.25) is 0 Å². The summed E-state index contributed by atoms with van der Waals surface area (Å²) in [5, 5.41) is 7.58. The lowest BCUT2D eigenvalue weighted by molar-refractivity contribution is -0.121. The summed E-state index contributed by atoms with van der Waals surface area (Å²) in [6, 6.07) is 19.1. The number of benzene rings is 2. The third-order valence-electron chi connectivity index (χ3n) is 6.95. The second kappa shape index (κ2) is 9.57. The molecule has 0 spiro atoms. The number of ether oxygens (including phenoxy) is 1. The van der Waals surface area contributed by atoms with Crippen molar-refractivity contribution in [2.75, 3.05) is 19.7 Å². The second-order valence-corrected chi connectivity index (χ2v) is 9.38. The van der Waals surface area contributed by atoms with E-state index in [1.165, 1.54) is 0 Å². The van der Waals surface area contributed by atoms with Gasteiger partial charge in [0.05, 0.1) is 36.1 Å². The molecule has 2 aromatic heterocycles. The number of hydrogen-bond donors (Lipinski definition) is 1. The van der Waals surface area contributed by atoms with Crippen molar-refractivity contribution in [1.29, 1.82) is 0 Å². The van der Waals surface area contributed by atoms with Gasteiger partial charge in [-0.3, -0.25) is 14.3 Å². The Morgan fingerprint density at radius 2 is 1.97 bits per heavy atom. The normalized spacial score (nSPS) is 17.5. The largest absolute Gasteiger partial charge is 0.494 e. The van der Waals surface area contributed by atoms with E-state index in [2.05, 4.69) is 15.4 Å². The van der Waals surface area contributed by atoms with E-state index in [1.54, 1.807) is 18.1 Å². The zero-order valence-corrected chi connectivity index (χ0v) is 20.6. The van der Waals surface area contributed by atoms with E-state index in [0.717, 1.165) is 34.0 Å². The Kier molecular flexibility index (Phi) is 5.96. The van der Waals surface area contributed by atoms with Crippen LogP contribution in [0.15, 0.2) is 67.0 Å². The molecule has 0 aliphatic carbocycles. The molecule has 2 amide bonds. The van der Waals surface area contributed by atoms with Gasteiger partial charge in [-0.1, -0.05) is 42.5 Å². The van der Waals surface area contributed by atoms with Crippen molar-refractivity contribution in [1.82, 2.24) is 29.5 Å². The Hall–Kier alpha value is -4.40. The molecular weight excluding hydrogens is 468 g/mol. The lowest BCUT2D eigenvalue weighted by atomic mass is 9.94. The highest BCUT2D eigenvalue weighted by molar-refractivity contribution is 5.94. The maximum absolute atomic E-state index is 14.1. The van der Waals surface area contributed by atoms with Crippen molar-refractivity contribution in [3.05, 3.63) is 89.6 Å². The minimum Gasteiger partial charge on any atom is -0.494 e. The zero-order chi connectivity index (χ0) is 25.4. The molecule has 2 aromatic carbocycles. The van der Waals surface area contributed by atoms with Crippen molar-refractivity contribution < 1.29 is 14.3 Å². The van der Waals surface area contributed by atoms with Gasteiger partial charge in [-0.05, 0) is 30.2 Å². The van der Waals surface area contributed by atoms with E-state index in [1.807, 2.05) is 70.1 Å². The van der Waals surface area contributed by atoms with E-state index in [-0.39, 0.29) is 18.4 Å². The third-order valence-corrected chi connectivity index (χ3v) is 6.95. The molecule has 0 saturated carbocycles. The molecular formula is C28H28N6O3. The van der Waals surface area contributed by atoms with Crippen LogP contribution in [-0.4, -0.2) is 55.7 Å². The highest BCUT2D eigenvalue weighted by Crippen LogP contribution is 2.37. The number of carbonyl (C=O) groups excluding carboxylic acids is 2. The van der Waals surface area contributed by atoms with Crippen molar-refractivity contribution in [2.45, 2.75) is 25.4 Å². The second-order valence-electron chi connectivity index (χ2n) is 9.38. The minimum atomic E-state index is -0.425. The van der Waals surface area contributed by atoms with Gasteiger partial charge < -0.3 is 19.5 Å². The SMILES string of the molecule is Cn1nc(-c2ccccc2)cc1C(=O)N1CCc2ncn3c2C1c1cccc(c1)OCCCNC(=O)C3. The average molecular weight is 497 g/mol. The summed E-state index contributed by atoms with van der Waals surface area (Å²) in [7, 11) is 1.79. The summed E-state index contributed by atoms with van der Waals surface area (Å²) in [6.07, 6.45) is 3.02. The van der Waals surface area contributed by atoms with Crippen LogP contribution in [0.3, 0.4) is 0 Å².